The molecule has 1 aromatic carbocycles. The van der Waals surface area contributed by atoms with E-state index >= 15 is 0 Å². The molecule has 1 heterocycles. The Balaban J connectivity index is 1.52. The highest BCUT2D eigenvalue weighted by Gasteiger charge is 2.21. The van der Waals surface area contributed by atoms with Crippen molar-refractivity contribution in [2.24, 2.45) is 0 Å². The maximum atomic E-state index is 8.61. The molecule has 1 aromatic rings. The molecule has 0 saturated carbocycles. The van der Waals surface area contributed by atoms with Crippen molar-refractivity contribution in [1.29, 1.82) is 0 Å². The third kappa shape index (κ3) is 6.57. The Morgan fingerprint density at radius 2 is 2.10 bits per heavy atom. The second kappa shape index (κ2) is 9.90. The Hall–Kier alpha value is -0.940. The van der Waals surface area contributed by atoms with Gasteiger partial charge in [0.2, 0.25) is 0 Å². The van der Waals surface area contributed by atoms with Crippen LogP contribution in [-0.2, 0) is 11.2 Å². The number of ether oxygens (including phenoxy) is 1. The van der Waals surface area contributed by atoms with Crippen molar-refractivity contribution in [2.75, 3.05) is 46.0 Å². The lowest BCUT2D eigenvalue weighted by Gasteiger charge is -2.16. The molecule has 21 heavy (non-hydrogen) atoms. The van der Waals surface area contributed by atoms with E-state index in [1.165, 1.54) is 18.5 Å². The van der Waals surface area contributed by atoms with Gasteiger partial charge in [-0.25, -0.2) is 0 Å². The van der Waals surface area contributed by atoms with Crippen LogP contribution in [0.2, 0.25) is 0 Å². The van der Waals surface area contributed by atoms with Gasteiger partial charge >= 0.3 is 0 Å². The number of aliphatic hydroxyl groups is 1. The van der Waals surface area contributed by atoms with Gasteiger partial charge in [-0.2, -0.15) is 0 Å². The summed E-state index contributed by atoms with van der Waals surface area (Å²) >= 11 is 0. The lowest BCUT2D eigenvalue weighted by Crippen LogP contribution is -2.34. The van der Waals surface area contributed by atoms with E-state index in [1.807, 2.05) is 0 Å². The lowest BCUT2D eigenvalue weighted by molar-refractivity contribution is 0.0904. The highest BCUT2D eigenvalue weighted by Crippen LogP contribution is 2.10. The monoisotopic (exact) mass is 292 g/mol. The first-order valence-corrected chi connectivity index (χ1v) is 8.07. The van der Waals surface area contributed by atoms with Crippen LogP contribution in [0.15, 0.2) is 30.3 Å². The second-order valence-corrected chi connectivity index (χ2v) is 5.67. The van der Waals surface area contributed by atoms with Crippen molar-refractivity contribution < 1.29 is 9.84 Å². The first-order valence-electron chi connectivity index (χ1n) is 8.07. The summed E-state index contributed by atoms with van der Waals surface area (Å²) in [6.45, 7) is 5.82. The van der Waals surface area contributed by atoms with Crippen LogP contribution < -0.4 is 5.32 Å². The average molecular weight is 292 g/mol. The molecule has 1 fully saturated rings. The number of hydrogen-bond donors (Lipinski definition) is 2. The Bertz CT molecular complexity index is 372. The van der Waals surface area contributed by atoms with Gasteiger partial charge < -0.3 is 20.1 Å². The summed E-state index contributed by atoms with van der Waals surface area (Å²) < 4.78 is 5.26. The van der Waals surface area contributed by atoms with Gasteiger partial charge in [-0.3, -0.25) is 0 Å². The first-order chi connectivity index (χ1) is 10.4. The minimum atomic E-state index is 0.117. The topological polar surface area (TPSA) is 44.7 Å². The number of nitrogens with zero attached hydrogens (tertiary/aromatic N) is 1. The van der Waals surface area contributed by atoms with Crippen LogP contribution in [-0.4, -0.2) is 62.0 Å². The Labute approximate surface area is 128 Å². The highest BCUT2D eigenvalue weighted by molar-refractivity contribution is 5.14. The zero-order valence-electron chi connectivity index (χ0n) is 12.8. The average Bonchev–Trinajstić information content (AvgIpc) is 2.98. The van der Waals surface area contributed by atoms with E-state index in [1.54, 1.807) is 0 Å². The SMILES string of the molecule is OCCOCCCNC1CCN(CCc2ccccc2)C1. The van der Waals surface area contributed by atoms with Gasteiger partial charge in [0.15, 0.2) is 0 Å². The minimum Gasteiger partial charge on any atom is -0.394 e. The van der Waals surface area contributed by atoms with Gasteiger partial charge in [0.1, 0.15) is 0 Å². The molecule has 0 radical (unpaired) electrons. The molecular weight excluding hydrogens is 264 g/mol. The number of benzene rings is 1. The molecule has 118 valence electrons. The smallest absolute Gasteiger partial charge is 0.0697 e. The normalized spacial score (nSPS) is 19.2. The number of aliphatic hydroxyl groups excluding tert-OH is 1. The molecule has 0 spiro atoms. The Morgan fingerprint density at radius 3 is 2.90 bits per heavy atom. The van der Waals surface area contributed by atoms with Crippen molar-refractivity contribution in [3.63, 3.8) is 0 Å². The number of hydrogen-bond acceptors (Lipinski definition) is 4. The summed E-state index contributed by atoms with van der Waals surface area (Å²) in [4.78, 5) is 2.55. The van der Waals surface area contributed by atoms with Gasteiger partial charge in [0.05, 0.1) is 13.2 Å². The third-order valence-corrected chi connectivity index (χ3v) is 3.97. The molecule has 4 heteroatoms. The van der Waals surface area contributed by atoms with Crippen LogP contribution in [0.5, 0.6) is 0 Å². The molecule has 0 bridgehead atoms. The van der Waals surface area contributed by atoms with Gasteiger partial charge in [-0.1, -0.05) is 30.3 Å². The molecule has 0 aliphatic carbocycles. The number of rotatable bonds is 10. The molecule has 1 saturated heterocycles. The van der Waals surface area contributed by atoms with E-state index in [0.29, 0.717) is 12.6 Å². The molecule has 4 nitrogen and oxygen atoms in total. The molecule has 0 amide bonds. The molecule has 1 aliphatic heterocycles. The fourth-order valence-corrected chi connectivity index (χ4v) is 2.78. The van der Waals surface area contributed by atoms with E-state index in [4.69, 9.17) is 9.84 Å². The second-order valence-electron chi connectivity index (χ2n) is 5.67. The van der Waals surface area contributed by atoms with Crippen molar-refractivity contribution in [1.82, 2.24) is 10.2 Å². The summed E-state index contributed by atoms with van der Waals surface area (Å²) in [6.07, 6.45) is 3.40. The van der Waals surface area contributed by atoms with E-state index in [9.17, 15) is 0 Å². The molecule has 1 unspecified atom stereocenters. The Morgan fingerprint density at radius 1 is 1.24 bits per heavy atom. The summed E-state index contributed by atoms with van der Waals surface area (Å²) in [6, 6.07) is 11.3. The largest absolute Gasteiger partial charge is 0.394 e. The summed E-state index contributed by atoms with van der Waals surface area (Å²) in [7, 11) is 0. The summed E-state index contributed by atoms with van der Waals surface area (Å²) in [5.41, 5.74) is 1.43. The summed E-state index contributed by atoms with van der Waals surface area (Å²) in [5.74, 6) is 0. The maximum absolute atomic E-state index is 8.61. The lowest BCUT2D eigenvalue weighted by atomic mass is 10.1. The van der Waals surface area contributed by atoms with E-state index in [-0.39, 0.29) is 6.61 Å². The van der Waals surface area contributed by atoms with Crippen LogP contribution in [0.4, 0.5) is 0 Å². The van der Waals surface area contributed by atoms with Crippen LogP contribution >= 0.6 is 0 Å². The van der Waals surface area contributed by atoms with Crippen molar-refractivity contribution in [3.05, 3.63) is 35.9 Å². The molecule has 1 aliphatic rings. The standard InChI is InChI=1S/C17H28N2O2/c20-12-14-21-13-4-9-18-17-8-11-19(15-17)10-7-16-5-2-1-3-6-16/h1-3,5-6,17-18,20H,4,7-15H2. The highest BCUT2D eigenvalue weighted by atomic mass is 16.5. The van der Waals surface area contributed by atoms with E-state index in [2.05, 4.69) is 40.5 Å². The van der Waals surface area contributed by atoms with Crippen molar-refractivity contribution >= 4 is 0 Å². The number of nitrogens with one attached hydrogen (secondary N) is 1. The van der Waals surface area contributed by atoms with Crippen LogP contribution in [0.25, 0.3) is 0 Å². The Kier molecular flexibility index (Phi) is 7.75. The predicted molar refractivity (Wildman–Crippen MR) is 85.5 cm³/mol. The number of likely N-dealkylation sites (tertiary alicyclic amines) is 1. The van der Waals surface area contributed by atoms with E-state index in [0.717, 1.165) is 39.1 Å². The minimum absolute atomic E-state index is 0.117. The van der Waals surface area contributed by atoms with Gasteiger partial charge in [0.25, 0.3) is 0 Å². The zero-order valence-corrected chi connectivity index (χ0v) is 12.8. The quantitative estimate of drug-likeness (QED) is 0.638. The van der Waals surface area contributed by atoms with Gasteiger partial charge in [-0.05, 0) is 37.9 Å². The van der Waals surface area contributed by atoms with Crippen LogP contribution in [0.3, 0.4) is 0 Å². The zero-order chi connectivity index (χ0) is 14.8. The molecule has 2 N–H and O–H groups in total. The van der Waals surface area contributed by atoms with Gasteiger partial charge in [-0.15, -0.1) is 0 Å². The fourth-order valence-electron chi connectivity index (χ4n) is 2.78. The van der Waals surface area contributed by atoms with Crippen molar-refractivity contribution in [2.45, 2.75) is 25.3 Å². The molecule has 1 atom stereocenters. The maximum Gasteiger partial charge on any atom is 0.0697 e. The van der Waals surface area contributed by atoms with Crippen LogP contribution in [0.1, 0.15) is 18.4 Å². The summed E-state index contributed by atoms with van der Waals surface area (Å²) in [5, 5.41) is 12.2. The van der Waals surface area contributed by atoms with E-state index < -0.39 is 0 Å². The first kappa shape index (κ1) is 16.4. The predicted octanol–water partition coefficient (Wildman–Crippen LogP) is 1.29. The van der Waals surface area contributed by atoms with Crippen molar-refractivity contribution in [3.8, 4) is 0 Å². The van der Waals surface area contributed by atoms with Gasteiger partial charge in [0, 0.05) is 25.7 Å². The van der Waals surface area contributed by atoms with Crippen LogP contribution in [0, 0.1) is 0 Å². The fraction of sp³-hybridized carbons (Fsp3) is 0.647. The molecule has 0 aromatic heterocycles. The molecule has 2 rings (SSSR count). The third-order valence-electron chi connectivity index (χ3n) is 3.97. The molecular formula is C17H28N2O2.